The summed E-state index contributed by atoms with van der Waals surface area (Å²) in [5.41, 5.74) is 1.16. The summed E-state index contributed by atoms with van der Waals surface area (Å²) in [6.07, 6.45) is 2.45. The molecule has 1 aromatic heterocycles. The van der Waals surface area contributed by atoms with Gasteiger partial charge in [0.1, 0.15) is 11.9 Å². The molecule has 0 bridgehead atoms. The van der Waals surface area contributed by atoms with E-state index in [1.807, 2.05) is 32.0 Å². The molecule has 0 radical (unpaired) electrons. The summed E-state index contributed by atoms with van der Waals surface area (Å²) >= 11 is 0. The lowest BCUT2D eigenvalue weighted by Gasteiger charge is -2.33. The fourth-order valence-corrected chi connectivity index (χ4v) is 3.42. The SMILES string of the molecule is CC[C@H](C)[C@@H](NC(=O)c1ccccc1)C(=O)Nc1ccc(N2CCN(C)CC2)nc1. The number of benzene rings is 1. The molecule has 0 spiro atoms. The van der Waals surface area contributed by atoms with E-state index >= 15 is 0 Å². The third-order valence-electron chi connectivity index (χ3n) is 5.66. The second-order valence-corrected chi connectivity index (χ2v) is 7.89. The lowest BCUT2D eigenvalue weighted by molar-refractivity contribution is -0.119. The number of hydrogen-bond donors (Lipinski definition) is 2. The molecule has 2 N–H and O–H groups in total. The zero-order valence-electron chi connectivity index (χ0n) is 18.0. The van der Waals surface area contributed by atoms with Crippen molar-refractivity contribution in [3.05, 3.63) is 54.2 Å². The third-order valence-corrected chi connectivity index (χ3v) is 5.66. The smallest absolute Gasteiger partial charge is 0.251 e. The number of nitrogens with one attached hydrogen (secondary N) is 2. The molecule has 1 aliphatic rings. The van der Waals surface area contributed by atoms with Gasteiger partial charge in [-0.2, -0.15) is 0 Å². The van der Waals surface area contributed by atoms with Crippen LogP contribution in [0.2, 0.25) is 0 Å². The van der Waals surface area contributed by atoms with Crippen molar-refractivity contribution in [3.8, 4) is 0 Å². The molecule has 160 valence electrons. The predicted molar refractivity (Wildman–Crippen MR) is 120 cm³/mol. The molecule has 0 saturated carbocycles. The number of anilines is 2. The second-order valence-electron chi connectivity index (χ2n) is 7.89. The van der Waals surface area contributed by atoms with Gasteiger partial charge in [-0.15, -0.1) is 0 Å². The van der Waals surface area contributed by atoms with Crippen LogP contribution in [0, 0.1) is 5.92 Å². The van der Waals surface area contributed by atoms with Crippen LogP contribution in [0.1, 0.15) is 30.6 Å². The van der Waals surface area contributed by atoms with E-state index in [9.17, 15) is 9.59 Å². The maximum absolute atomic E-state index is 12.9. The predicted octanol–water partition coefficient (Wildman–Crippen LogP) is 2.62. The Morgan fingerprint density at radius 1 is 1.07 bits per heavy atom. The summed E-state index contributed by atoms with van der Waals surface area (Å²) in [6.45, 7) is 7.87. The lowest BCUT2D eigenvalue weighted by atomic mass is 9.97. The van der Waals surface area contributed by atoms with Crippen LogP contribution >= 0.6 is 0 Å². The van der Waals surface area contributed by atoms with E-state index in [-0.39, 0.29) is 17.7 Å². The second kappa shape index (κ2) is 10.2. The highest BCUT2D eigenvalue weighted by Crippen LogP contribution is 2.17. The Balaban J connectivity index is 1.64. The molecular weight excluding hydrogens is 378 g/mol. The zero-order chi connectivity index (χ0) is 21.5. The number of piperazine rings is 1. The van der Waals surface area contributed by atoms with Crippen molar-refractivity contribution in [1.82, 2.24) is 15.2 Å². The van der Waals surface area contributed by atoms with Crippen LogP contribution in [0.3, 0.4) is 0 Å². The van der Waals surface area contributed by atoms with Crippen LogP contribution in [0.15, 0.2) is 48.7 Å². The molecule has 1 fully saturated rings. The summed E-state index contributed by atoms with van der Waals surface area (Å²) in [7, 11) is 2.12. The van der Waals surface area contributed by atoms with Gasteiger partial charge in [0.05, 0.1) is 11.9 Å². The number of nitrogens with zero attached hydrogens (tertiary/aromatic N) is 3. The summed E-state index contributed by atoms with van der Waals surface area (Å²) in [4.78, 5) is 34.6. The summed E-state index contributed by atoms with van der Waals surface area (Å²) in [5, 5.41) is 5.80. The van der Waals surface area contributed by atoms with Gasteiger partial charge in [0.25, 0.3) is 5.91 Å². The van der Waals surface area contributed by atoms with Crippen LogP contribution < -0.4 is 15.5 Å². The largest absolute Gasteiger partial charge is 0.354 e. The molecule has 30 heavy (non-hydrogen) atoms. The fourth-order valence-electron chi connectivity index (χ4n) is 3.42. The number of hydrogen-bond acceptors (Lipinski definition) is 5. The van der Waals surface area contributed by atoms with Crippen molar-refractivity contribution in [1.29, 1.82) is 0 Å². The lowest BCUT2D eigenvalue weighted by Crippen LogP contribution is -2.47. The quantitative estimate of drug-likeness (QED) is 0.735. The standard InChI is InChI=1S/C23H31N5O2/c1-4-17(2)21(26-22(29)18-8-6-5-7-9-18)23(30)25-19-10-11-20(24-16-19)28-14-12-27(3)13-15-28/h5-11,16-17,21H,4,12-15H2,1-3H3,(H,25,30)(H,26,29)/t17-,21+/m0/s1. The van der Waals surface area contributed by atoms with Gasteiger partial charge in [0, 0.05) is 31.7 Å². The number of pyridine rings is 1. The van der Waals surface area contributed by atoms with Crippen LogP contribution in [0.25, 0.3) is 0 Å². The molecular formula is C23H31N5O2. The Kier molecular flexibility index (Phi) is 7.41. The van der Waals surface area contributed by atoms with E-state index in [0.717, 1.165) is 38.4 Å². The van der Waals surface area contributed by atoms with Crippen molar-refractivity contribution in [2.45, 2.75) is 26.3 Å². The molecule has 0 aliphatic carbocycles. The Morgan fingerprint density at radius 3 is 2.37 bits per heavy atom. The minimum atomic E-state index is -0.625. The minimum absolute atomic E-state index is 0.00441. The first-order chi connectivity index (χ1) is 14.5. The molecule has 1 aliphatic heterocycles. The van der Waals surface area contributed by atoms with Crippen molar-refractivity contribution in [2.75, 3.05) is 43.4 Å². The molecule has 2 heterocycles. The monoisotopic (exact) mass is 409 g/mol. The molecule has 1 aromatic carbocycles. The van der Waals surface area contributed by atoms with Crippen molar-refractivity contribution >= 4 is 23.3 Å². The van der Waals surface area contributed by atoms with Gasteiger partial charge >= 0.3 is 0 Å². The van der Waals surface area contributed by atoms with Crippen LogP contribution in [0.5, 0.6) is 0 Å². The number of amides is 2. The Bertz CT molecular complexity index is 832. The number of rotatable bonds is 7. The average Bonchev–Trinajstić information content (AvgIpc) is 2.78. The first kappa shape index (κ1) is 21.8. The average molecular weight is 410 g/mol. The highest BCUT2D eigenvalue weighted by molar-refractivity contribution is 6.01. The topological polar surface area (TPSA) is 77.6 Å². The Labute approximate surface area is 178 Å². The van der Waals surface area contributed by atoms with Crippen LogP contribution in [0.4, 0.5) is 11.5 Å². The number of likely N-dealkylation sites (N-methyl/N-ethyl adjacent to an activating group) is 1. The minimum Gasteiger partial charge on any atom is -0.354 e. The highest BCUT2D eigenvalue weighted by atomic mass is 16.2. The van der Waals surface area contributed by atoms with Crippen molar-refractivity contribution in [3.63, 3.8) is 0 Å². The third kappa shape index (κ3) is 5.57. The highest BCUT2D eigenvalue weighted by Gasteiger charge is 2.26. The molecule has 1 saturated heterocycles. The molecule has 3 rings (SSSR count). The number of aromatic nitrogens is 1. The van der Waals surface area contributed by atoms with E-state index in [4.69, 9.17) is 0 Å². The van der Waals surface area contributed by atoms with E-state index in [1.165, 1.54) is 0 Å². The molecule has 7 heteroatoms. The summed E-state index contributed by atoms with van der Waals surface area (Å²) in [6, 6.07) is 12.1. The molecule has 2 amide bonds. The van der Waals surface area contributed by atoms with E-state index in [0.29, 0.717) is 11.3 Å². The van der Waals surface area contributed by atoms with Crippen molar-refractivity contribution in [2.24, 2.45) is 5.92 Å². The Morgan fingerprint density at radius 2 is 1.77 bits per heavy atom. The maximum atomic E-state index is 12.9. The first-order valence-electron chi connectivity index (χ1n) is 10.5. The van der Waals surface area contributed by atoms with Gasteiger partial charge in [-0.25, -0.2) is 4.98 Å². The van der Waals surface area contributed by atoms with Crippen molar-refractivity contribution < 1.29 is 9.59 Å². The first-order valence-corrected chi connectivity index (χ1v) is 10.5. The zero-order valence-corrected chi connectivity index (χ0v) is 18.0. The van der Waals surface area contributed by atoms with Gasteiger partial charge in [-0.05, 0) is 37.2 Å². The maximum Gasteiger partial charge on any atom is 0.251 e. The summed E-state index contributed by atoms with van der Waals surface area (Å²) in [5.74, 6) is 0.426. The van der Waals surface area contributed by atoms with Crippen LogP contribution in [-0.2, 0) is 4.79 Å². The number of carbonyl (C=O) groups is 2. The molecule has 2 aromatic rings. The van der Waals surface area contributed by atoms with Gasteiger partial charge in [-0.3, -0.25) is 9.59 Å². The molecule has 0 unspecified atom stereocenters. The fraction of sp³-hybridized carbons (Fsp3) is 0.435. The van der Waals surface area contributed by atoms with E-state index in [1.54, 1.807) is 30.5 Å². The number of carbonyl (C=O) groups excluding carboxylic acids is 2. The molecule has 7 nitrogen and oxygen atoms in total. The van der Waals surface area contributed by atoms with Gasteiger partial charge in [-0.1, -0.05) is 38.5 Å². The van der Waals surface area contributed by atoms with Gasteiger partial charge in [0.15, 0.2) is 0 Å². The van der Waals surface area contributed by atoms with E-state index in [2.05, 4.69) is 32.5 Å². The van der Waals surface area contributed by atoms with E-state index < -0.39 is 6.04 Å². The van der Waals surface area contributed by atoms with Crippen LogP contribution in [-0.4, -0.2) is 61.0 Å². The van der Waals surface area contributed by atoms with Gasteiger partial charge < -0.3 is 20.4 Å². The summed E-state index contributed by atoms with van der Waals surface area (Å²) < 4.78 is 0. The van der Waals surface area contributed by atoms with Gasteiger partial charge in [0.2, 0.25) is 5.91 Å². The Hall–Kier alpha value is -2.93. The molecule has 2 atom stereocenters. The normalized spacial score (nSPS) is 16.6.